The summed E-state index contributed by atoms with van der Waals surface area (Å²) in [5.41, 5.74) is 5.45. The van der Waals surface area contributed by atoms with E-state index in [2.05, 4.69) is 11.2 Å². The Morgan fingerprint density at radius 2 is 2.36 bits per heavy atom. The van der Waals surface area contributed by atoms with Crippen LogP contribution in [0.1, 0.15) is 10.4 Å². The van der Waals surface area contributed by atoms with Crippen LogP contribution < -0.4 is 5.73 Å². The third kappa shape index (κ3) is 2.30. The first-order valence-electron chi connectivity index (χ1n) is 2.56. The van der Waals surface area contributed by atoms with Gasteiger partial charge in [-0.05, 0) is 11.3 Å². The first-order valence-corrected chi connectivity index (χ1v) is 2.56. The van der Waals surface area contributed by atoms with E-state index in [-0.39, 0.29) is 31.7 Å². The average molecular weight is 323 g/mol. The van der Waals surface area contributed by atoms with Gasteiger partial charge in [0.25, 0.3) is 5.97 Å². The molecule has 0 saturated carbocycles. The Balaban J connectivity index is 0.000001000. The molecule has 3 N–H and O–H groups in total. The van der Waals surface area contributed by atoms with Gasteiger partial charge < -0.3 is 15.8 Å². The van der Waals surface area contributed by atoms with Crippen LogP contribution in [-0.2, 0) is 20.4 Å². The van der Waals surface area contributed by atoms with E-state index in [1.807, 2.05) is 0 Å². The van der Waals surface area contributed by atoms with Crippen LogP contribution in [-0.4, -0.2) is 16.1 Å². The van der Waals surface area contributed by atoms with Gasteiger partial charge in [-0.2, -0.15) is 0 Å². The van der Waals surface area contributed by atoms with E-state index in [1.165, 1.54) is 12.3 Å². The summed E-state index contributed by atoms with van der Waals surface area (Å²) in [6, 6.07) is 1.23. The molecule has 0 saturated heterocycles. The van der Waals surface area contributed by atoms with Gasteiger partial charge in [-0.25, -0.2) is 0 Å². The Morgan fingerprint density at radius 3 is 2.73 bits per heavy atom. The summed E-state index contributed by atoms with van der Waals surface area (Å²) in [6.07, 6.45) is 3.63. The monoisotopic (exact) mass is 324 g/mol. The maximum Gasteiger partial charge on any atom is 0.280 e. The predicted octanol–water partition coefficient (Wildman–Crippen LogP) is 0.160. The van der Waals surface area contributed by atoms with Gasteiger partial charge in [0.2, 0.25) is 0 Å². The Hall–Kier alpha value is -0.918. The standard InChI is InChI=1S/C6H5N2O2.Re/c7-5-3-8-2-1-4(5)6(9)10;/h1,3H,7H2,(H,9,10);/q-1;. The molecule has 0 bridgehead atoms. The molecular weight excluding hydrogens is 318 g/mol. The number of aromatic nitrogens is 1. The molecular formula is C6H5N2O2Re-. The zero-order valence-corrected chi connectivity index (χ0v) is 8.13. The van der Waals surface area contributed by atoms with Crippen LogP contribution in [0.5, 0.6) is 0 Å². The van der Waals surface area contributed by atoms with Crippen LogP contribution in [0.15, 0.2) is 12.3 Å². The second kappa shape index (κ2) is 4.06. The fraction of sp³-hybridized carbons (Fsp3) is 0. The predicted molar refractivity (Wildman–Crippen MR) is 34.4 cm³/mol. The number of rotatable bonds is 1. The van der Waals surface area contributed by atoms with Gasteiger partial charge in [0.15, 0.2) is 0 Å². The van der Waals surface area contributed by atoms with Crippen LogP contribution in [0.3, 0.4) is 0 Å². The topological polar surface area (TPSA) is 76.2 Å². The molecule has 11 heavy (non-hydrogen) atoms. The quantitative estimate of drug-likeness (QED) is 0.722. The number of aromatic carboxylic acids is 1. The fourth-order valence-corrected chi connectivity index (χ4v) is 0.547. The second-order valence-corrected chi connectivity index (χ2v) is 1.71. The Kier molecular flexibility index (Phi) is 3.73. The molecule has 0 aromatic carbocycles. The number of hydrogen-bond acceptors (Lipinski definition) is 3. The van der Waals surface area contributed by atoms with Gasteiger partial charge >= 0.3 is 0 Å². The number of anilines is 1. The molecule has 1 radical (unpaired) electrons. The zero-order chi connectivity index (χ0) is 7.56. The third-order valence-electron chi connectivity index (χ3n) is 1.03. The summed E-state index contributed by atoms with van der Waals surface area (Å²) in [6.45, 7) is 0. The van der Waals surface area contributed by atoms with E-state index in [1.54, 1.807) is 0 Å². The van der Waals surface area contributed by atoms with Crippen LogP contribution in [0.4, 0.5) is 5.69 Å². The summed E-state index contributed by atoms with van der Waals surface area (Å²) in [7, 11) is 0. The first kappa shape index (κ1) is 10.1. The molecule has 0 aliphatic carbocycles. The van der Waals surface area contributed by atoms with Crippen molar-refractivity contribution in [3.63, 3.8) is 0 Å². The number of hydrogen-bond donors (Lipinski definition) is 2. The molecule has 5 heteroatoms. The van der Waals surface area contributed by atoms with Crippen LogP contribution in [0, 0.1) is 6.20 Å². The number of carbonyl (C=O) groups is 1. The number of nitrogens with two attached hydrogens (primary N) is 1. The van der Waals surface area contributed by atoms with Gasteiger partial charge in [-0.1, -0.05) is 12.4 Å². The summed E-state index contributed by atoms with van der Waals surface area (Å²) < 4.78 is 0. The van der Waals surface area contributed by atoms with Crippen molar-refractivity contribution in [2.24, 2.45) is 0 Å². The van der Waals surface area contributed by atoms with E-state index in [4.69, 9.17) is 10.8 Å². The SMILES string of the molecule is Nc1cn[c-]cc1C(=O)O.[Re]. The Morgan fingerprint density at radius 1 is 1.73 bits per heavy atom. The Bertz CT molecular complexity index is 265. The van der Waals surface area contributed by atoms with E-state index in [0.29, 0.717) is 0 Å². The van der Waals surface area contributed by atoms with Gasteiger partial charge in [0, 0.05) is 20.4 Å². The molecule has 0 aliphatic rings. The maximum absolute atomic E-state index is 10.3. The second-order valence-electron chi connectivity index (χ2n) is 1.71. The first-order chi connectivity index (χ1) is 4.72. The van der Waals surface area contributed by atoms with Crippen LogP contribution in [0.2, 0.25) is 0 Å². The minimum Gasteiger partial charge on any atom is -0.487 e. The molecule has 4 nitrogen and oxygen atoms in total. The number of carboxylic acids is 1. The normalized spacial score (nSPS) is 8.36. The molecule has 1 aromatic heterocycles. The summed E-state index contributed by atoms with van der Waals surface area (Å²) >= 11 is 0. The van der Waals surface area contributed by atoms with E-state index in [0.717, 1.165) is 0 Å². The molecule has 0 amide bonds. The number of carboxylic acid groups (broad SMARTS) is 1. The molecule has 1 heterocycles. The van der Waals surface area contributed by atoms with Crippen molar-refractivity contribution in [3.8, 4) is 0 Å². The number of nitrogen functional groups attached to an aromatic ring is 1. The average Bonchev–Trinajstić information content (AvgIpc) is 1.88. The zero-order valence-electron chi connectivity index (χ0n) is 5.41. The van der Waals surface area contributed by atoms with Crippen LogP contribution in [0.25, 0.3) is 0 Å². The van der Waals surface area contributed by atoms with Crippen LogP contribution >= 0.6 is 0 Å². The van der Waals surface area contributed by atoms with Crippen molar-refractivity contribution in [2.75, 3.05) is 5.73 Å². The molecule has 59 valence electrons. The molecule has 1 aromatic rings. The minimum absolute atomic E-state index is 0. The van der Waals surface area contributed by atoms with E-state index < -0.39 is 5.97 Å². The third-order valence-corrected chi connectivity index (χ3v) is 1.03. The Labute approximate surface area is 77.1 Å². The van der Waals surface area contributed by atoms with E-state index in [9.17, 15) is 4.79 Å². The molecule has 0 atom stereocenters. The van der Waals surface area contributed by atoms with Gasteiger partial charge in [-0.15, -0.1) is 6.07 Å². The number of pyridine rings is 1. The van der Waals surface area contributed by atoms with Crippen molar-refractivity contribution in [1.29, 1.82) is 0 Å². The van der Waals surface area contributed by atoms with Crippen molar-refractivity contribution in [1.82, 2.24) is 4.98 Å². The summed E-state index contributed by atoms with van der Waals surface area (Å²) in [4.78, 5) is 13.8. The van der Waals surface area contributed by atoms with Crippen molar-refractivity contribution >= 4 is 11.7 Å². The van der Waals surface area contributed by atoms with Crippen molar-refractivity contribution < 1.29 is 30.3 Å². The largest absolute Gasteiger partial charge is 0.487 e. The smallest absolute Gasteiger partial charge is 0.280 e. The minimum atomic E-state index is -1.06. The van der Waals surface area contributed by atoms with E-state index >= 15 is 0 Å². The molecule has 0 aliphatic heterocycles. The molecule has 0 fully saturated rings. The fourth-order valence-electron chi connectivity index (χ4n) is 0.547. The van der Waals surface area contributed by atoms with Crippen molar-refractivity contribution in [3.05, 3.63) is 24.0 Å². The molecule has 0 unspecified atom stereocenters. The van der Waals surface area contributed by atoms with Gasteiger partial charge in [0.05, 0.1) is 0 Å². The molecule has 0 spiro atoms. The summed E-state index contributed by atoms with van der Waals surface area (Å²) in [5.74, 6) is -1.06. The van der Waals surface area contributed by atoms with Gasteiger partial charge in [-0.3, -0.25) is 4.79 Å². The molecule has 1 rings (SSSR count). The van der Waals surface area contributed by atoms with Crippen molar-refractivity contribution in [2.45, 2.75) is 0 Å². The summed E-state index contributed by atoms with van der Waals surface area (Å²) in [5, 5.41) is 8.44. The maximum atomic E-state index is 10.3. The number of nitrogens with zero attached hydrogens (tertiary/aromatic N) is 1. The van der Waals surface area contributed by atoms with Gasteiger partial charge in [0.1, 0.15) is 0 Å².